The van der Waals surface area contributed by atoms with Gasteiger partial charge in [0.2, 0.25) is 0 Å². The van der Waals surface area contributed by atoms with Gasteiger partial charge in [-0.1, -0.05) is 12.0 Å². The van der Waals surface area contributed by atoms with Crippen LogP contribution in [0.15, 0.2) is 24.3 Å². The summed E-state index contributed by atoms with van der Waals surface area (Å²) in [4.78, 5) is 20.1. The molecule has 1 amide bonds. The van der Waals surface area contributed by atoms with E-state index in [1.807, 2.05) is 6.07 Å². The zero-order valence-electron chi connectivity index (χ0n) is 17.2. The molecule has 1 aromatic carbocycles. The molecule has 5 rings (SSSR count). The summed E-state index contributed by atoms with van der Waals surface area (Å²) in [6.07, 6.45) is 7.30. The molecular weight excluding hydrogens is 487 g/mol. The Morgan fingerprint density at radius 1 is 1.20 bits per heavy atom. The number of hydrogen-bond donors (Lipinski definition) is 0. The van der Waals surface area contributed by atoms with Gasteiger partial charge in [-0.25, -0.2) is 4.98 Å². The third-order valence-electron chi connectivity index (χ3n) is 6.18. The van der Waals surface area contributed by atoms with E-state index >= 15 is 0 Å². The van der Waals surface area contributed by atoms with Gasteiger partial charge < -0.3 is 4.74 Å². The number of anilines is 2. The molecule has 1 saturated carbocycles. The van der Waals surface area contributed by atoms with Crippen LogP contribution in [-0.4, -0.2) is 23.6 Å². The van der Waals surface area contributed by atoms with Crippen LogP contribution in [0.5, 0.6) is 0 Å². The molecule has 2 aromatic rings. The number of aryl methyl sites for hydroxylation is 3. The smallest absolute Gasteiger partial charge is 0.308 e. The molecule has 1 aliphatic heterocycles. The molecule has 2 aliphatic carbocycles. The number of aromatic nitrogens is 1. The highest BCUT2D eigenvalue weighted by atomic mass is 127. The molecule has 154 valence electrons. The predicted molar refractivity (Wildman–Crippen MR) is 126 cm³/mol. The summed E-state index contributed by atoms with van der Waals surface area (Å²) in [5, 5.41) is 0. The lowest BCUT2D eigenvalue weighted by Gasteiger charge is -2.24. The molecule has 0 spiro atoms. The van der Waals surface area contributed by atoms with Crippen LogP contribution < -0.4 is 4.90 Å². The number of ether oxygens (including phenoxy) is 1. The first-order valence-electron chi connectivity index (χ1n) is 10.9. The SMILES string of the molecule is Cc1cc(N(C(=O)C#C[C@@H]2CCCO2)c2ccc3c(n2)CCC3)c(C2CC2)cc1I. The van der Waals surface area contributed by atoms with E-state index in [0.29, 0.717) is 11.7 Å². The summed E-state index contributed by atoms with van der Waals surface area (Å²) in [5.74, 6) is 6.91. The lowest BCUT2D eigenvalue weighted by Crippen LogP contribution is -2.27. The Morgan fingerprint density at radius 3 is 2.83 bits per heavy atom. The van der Waals surface area contributed by atoms with Crippen molar-refractivity contribution in [3.05, 3.63) is 50.2 Å². The molecule has 1 saturated heterocycles. The minimum Gasteiger partial charge on any atom is -0.366 e. The molecule has 3 aliphatic rings. The Kier molecular flexibility index (Phi) is 5.55. The Labute approximate surface area is 191 Å². The first-order chi connectivity index (χ1) is 14.6. The van der Waals surface area contributed by atoms with Crippen LogP contribution in [0, 0.1) is 22.3 Å². The molecule has 5 heteroatoms. The normalized spacial score (nSPS) is 19.9. The van der Waals surface area contributed by atoms with Gasteiger partial charge in [0, 0.05) is 15.9 Å². The molecule has 0 unspecified atom stereocenters. The number of nitrogens with zero attached hydrogens (tertiary/aromatic N) is 2. The van der Waals surface area contributed by atoms with Gasteiger partial charge in [-0.15, -0.1) is 0 Å². The predicted octanol–water partition coefficient (Wildman–Crippen LogP) is 5.21. The number of amides is 1. The minimum absolute atomic E-state index is 0.134. The lowest BCUT2D eigenvalue weighted by atomic mass is 10.0. The fourth-order valence-corrected chi connectivity index (χ4v) is 4.85. The fourth-order valence-electron chi connectivity index (χ4n) is 4.36. The van der Waals surface area contributed by atoms with Crippen LogP contribution in [-0.2, 0) is 22.4 Å². The number of hydrogen-bond acceptors (Lipinski definition) is 3. The van der Waals surface area contributed by atoms with E-state index in [4.69, 9.17) is 9.72 Å². The van der Waals surface area contributed by atoms with Gasteiger partial charge in [0.25, 0.3) is 0 Å². The lowest BCUT2D eigenvalue weighted by molar-refractivity contribution is -0.112. The maximum Gasteiger partial charge on any atom is 0.308 e. The topological polar surface area (TPSA) is 42.4 Å². The van der Waals surface area contributed by atoms with Gasteiger partial charge in [0.05, 0.1) is 5.69 Å². The highest BCUT2D eigenvalue weighted by Crippen LogP contribution is 2.46. The van der Waals surface area contributed by atoms with Crippen LogP contribution in [0.25, 0.3) is 0 Å². The van der Waals surface area contributed by atoms with E-state index in [2.05, 4.69) is 59.6 Å². The molecule has 2 heterocycles. The number of carbonyl (C=O) groups excluding carboxylic acids is 1. The van der Waals surface area contributed by atoms with Crippen LogP contribution in [0.2, 0.25) is 0 Å². The number of carbonyl (C=O) groups is 1. The first kappa shape index (κ1) is 20.0. The van der Waals surface area contributed by atoms with Gasteiger partial charge in [-0.05, 0) is 121 Å². The number of halogens is 1. The second-order valence-corrected chi connectivity index (χ2v) is 9.64. The van der Waals surface area contributed by atoms with E-state index < -0.39 is 0 Å². The van der Waals surface area contributed by atoms with E-state index in [9.17, 15) is 4.79 Å². The van der Waals surface area contributed by atoms with Crippen molar-refractivity contribution in [2.45, 2.75) is 63.9 Å². The molecule has 0 radical (unpaired) electrons. The van der Waals surface area contributed by atoms with Gasteiger partial charge in [0.1, 0.15) is 11.9 Å². The van der Waals surface area contributed by atoms with Crippen molar-refractivity contribution >= 4 is 40.0 Å². The summed E-state index contributed by atoms with van der Waals surface area (Å²) in [7, 11) is 0. The number of rotatable bonds is 3. The largest absolute Gasteiger partial charge is 0.366 e. The van der Waals surface area contributed by atoms with Crippen molar-refractivity contribution in [1.29, 1.82) is 0 Å². The van der Waals surface area contributed by atoms with E-state index in [0.717, 1.165) is 50.1 Å². The molecule has 0 N–H and O–H groups in total. The Bertz CT molecular complexity index is 1060. The highest BCUT2D eigenvalue weighted by molar-refractivity contribution is 14.1. The van der Waals surface area contributed by atoms with Crippen molar-refractivity contribution in [1.82, 2.24) is 4.98 Å². The number of benzene rings is 1. The molecular formula is C25H25IN2O2. The average molecular weight is 512 g/mol. The third kappa shape index (κ3) is 4.00. The van der Waals surface area contributed by atoms with Gasteiger partial charge >= 0.3 is 5.91 Å². The Morgan fingerprint density at radius 2 is 2.07 bits per heavy atom. The molecule has 4 nitrogen and oxygen atoms in total. The zero-order valence-corrected chi connectivity index (χ0v) is 19.4. The fraction of sp³-hybridized carbons (Fsp3) is 0.440. The molecule has 1 aromatic heterocycles. The molecule has 1 atom stereocenters. The average Bonchev–Trinajstić information content (AvgIpc) is 3.24. The molecule has 2 fully saturated rings. The van der Waals surface area contributed by atoms with Crippen LogP contribution in [0.4, 0.5) is 11.5 Å². The summed E-state index contributed by atoms with van der Waals surface area (Å²) in [6.45, 7) is 2.82. The van der Waals surface area contributed by atoms with Gasteiger partial charge in [0.15, 0.2) is 0 Å². The zero-order chi connectivity index (χ0) is 20.7. The summed E-state index contributed by atoms with van der Waals surface area (Å²) in [6, 6.07) is 8.49. The number of pyridine rings is 1. The van der Waals surface area contributed by atoms with Crippen LogP contribution in [0.1, 0.15) is 60.4 Å². The third-order valence-corrected chi connectivity index (χ3v) is 7.34. The monoisotopic (exact) mass is 512 g/mol. The second kappa shape index (κ2) is 8.32. The van der Waals surface area contributed by atoms with Crippen molar-refractivity contribution in [3.8, 4) is 11.8 Å². The Hall–Kier alpha value is -1.91. The summed E-state index contributed by atoms with van der Waals surface area (Å²) >= 11 is 2.39. The second-order valence-electron chi connectivity index (χ2n) is 8.47. The summed E-state index contributed by atoms with van der Waals surface area (Å²) in [5.41, 5.74) is 5.76. The first-order valence-corrected chi connectivity index (χ1v) is 11.9. The minimum atomic E-state index is -0.224. The van der Waals surface area contributed by atoms with E-state index in [1.54, 1.807) is 4.90 Å². The maximum atomic E-state index is 13.4. The van der Waals surface area contributed by atoms with Crippen molar-refractivity contribution < 1.29 is 9.53 Å². The maximum absolute atomic E-state index is 13.4. The summed E-state index contributed by atoms with van der Waals surface area (Å²) < 4.78 is 6.84. The Balaban J connectivity index is 1.60. The van der Waals surface area contributed by atoms with Crippen molar-refractivity contribution in [3.63, 3.8) is 0 Å². The highest BCUT2D eigenvalue weighted by Gasteiger charge is 2.31. The quantitative estimate of drug-likeness (QED) is 0.419. The van der Waals surface area contributed by atoms with Crippen molar-refractivity contribution in [2.75, 3.05) is 11.5 Å². The molecule has 30 heavy (non-hydrogen) atoms. The van der Waals surface area contributed by atoms with E-state index in [1.165, 1.54) is 33.1 Å². The van der Waals surface area contributed by atoms with Crippen LogP contribution >= 0.6 is 22.6 Å². The van der Waals surface area contributed by atoms with Crippen molar-refractivity contribution in [2.24, 2.45) is 0 Å². The van der Waals surface area contributed by atoms with E-state index in [-0.39, 0.29) is 12.0 Å². The van der Waals surface area contributed by atoms with Gasteiger partial charge in [-0.3, -0.25) is 9.69 Å². The van der Waals surface area contributed by atoms with Crippen LogP contribution in [0.3, 0.4) is 0 Å². The standard InChI is InChI=1S/C25H25IN2O2/c1-16-14-23(20(15-21(16)26)17-7-8-17)28(25(29)12-10-19-5-3-13-30-19)24-11-9-18-4-2-6-22(18)27-24/h9,11,14-15,17,19H,2-8,13H2,1H3/t19-/m0/s1. The van der Waals surface area contributed by atoms with Gasteiger partial charge in [-0.2, -0.15) is 0 Å². The molecule has 0 bridgehead atoms. The number of fused-ring (bicyclic) bond motifs is 1.